The van der Waals surface area contributed by atoms with E-state index in [-0.39, 0.29) is 5.92 Å². The van der Waals surface area contributed by atoms with Gasteiger partial charge in [0.1, 0.15) is 5.52 Å². The lowest BCUT2D eigenvalue weighted by Gasteiger charge is -2.09. The SMILES string of the molecule is CC(C)c1c(Cl)cc(F)c2nc(N)sc12. The highest BCUT2D eigenvalue weighted by Gasteiger charge is 2.17. The number of rotatable bonds is 1. The molecule has 2 rings (SSSR count). The van der Waals surface area contributed by atoms with Crippen LogP contribution in [0.2, 0.25) is 5.02 Å². The number of hydrogen-bond acceptors (Lipinski definition) is 3. The zero-order chi connectivity index (χ0) is 11.2. The van der Waals surface area contributed by atoms with Crippen molar-refractivity contribution in [2.24, 2.45) is 0 Å². The third kappa shape index (κ3) is 1.68. The molecule has 0 spiro atoms. The van der Waals surface area contributed by atoms with E-state index < -0.39 is 5.82 Å². The highest BCUT2D eigenvalue weighted by atomic mass is 35.5. The molecule has 0 radical (unpaired) electrons. The lowest BCUT2D eigenvalue weighted by molar-refractivity contribution is 0.636. The lowest BCUT2D eigenvalue weighted by atomic mass is 10.0. The van der Waals surface area contributed by atoms with Gasteiger partial charge in [-0.05, 0) is 17.5 Å². The zero-order valence-corrected chi connectivity index (χ0v) is 9.92. The number of benzene rings is 1. The largest absolute Gasteiger partial charge is 0.375 e. The third-order valence-corrected chi connectivity index (χ3v) is 3.43. The Labute approximate surface area is 95.9 Å². The fraction of sp³-hybridized carbons (Fsp3) is 0.300. The lowest BCUT2D eigenvalue weighted by Crippen LogP contribution is -1.91. The van der Waals surface area contributed by atoms with Crippen molar-refractivity contribution >= 4 is 38.3 Å². The average Bonchev–Trinajstić information content (AvgIpc) is 2.45. The van der Waals surface area contributed by atoms with E-state index in [1.807, 2.05) is 13.8 Å². The van der Waals surface area contributed by atoms with Crippen LogP contribution in [0, 0.1) is 5.82 Å². The Bertz CT molecular complexity index is 522. The number of aromatic nitrogens is 1. The number of nitrogen functional groups attached to an aromatic ring is 1. The summed E-state index contributed by atoms with van der Waals surface area (Å²) in [6.07, 6.45) is 0. The first-order valence-electron chi connectivity index (χ1n) is 4.54. The van der Waals surface area contributed by atoms with Crippen LogP contribution in [-0.4, -0.2) is 4.98 Å². The fourth-order valence-electron chi connectivity index (χ4n) is 1.58. The average molecular weight is 245 g/mol. The molecular weight excluding hydrogens is 235 g/mol. The van der Waals surface area contributed by atoms with Gasteiger partial charge in [0.05, 0.1) is 4.70 Å². The number of fused-ring (bicyclic) bond motifs is 1. The number of thiazole rings is 1. The summed E-state index contributed by atoms with van der Waals surface area (Å²) < 4.78 is 14.3. The molecular formula is C10H10ClFN2S. The van der Waals surface area contributed by atoms with E-state index in [1.165, 1.54) is 17.4 Å². The summed E-state index contributed by atoms with van der Waals surface area (Å²) in [7, 11) is 0. The molecule has 0 aliphatic rings. The Kier molecular flexibility index (Phi) is 2.56. The van der Waals surface area contributed by atoms with Gasteiger partial charge in [-0.1, -0.05) is 36.8 Å². The third-order valence-electron chi connectivity index (χ3n) is 2.20. The molecule has 1 heterocycles. The van der Waals surface area contributed by atoms with Crippen LogP contribution >= 0.6 is 22.9 Å². The summed E-state index contributed by atoms with van der Waals surface area (Å²) in [5, 5.41) is 0.812. The first-order valence-corrected chi connectivity index (χ1v) is 5.74. The highest BCUT2D eigenvalue weighted by molar-refractivity contribution is 7.22. The van der Waals surface area contributed by atoms with Gasteiger partial charge in [-0.25, -0.2) is 9.37 Å². The van der Waals surface area contributed by atoms with Crippen LogP contribution in [0.3, 0.4) is 0 Å². The van der Waals surface area contributed by atoms with Crippen LogP contribution in [-0.2, 0) is 0 Å². The summed E-state index contributed by atoms with van der Waals surface area (Å²) in [6.45, 7) is 4.02. The van der Waals surface area contributed by atoms with E-state index >= 15 is 0 Å². The number of hydrogen-bond donors (Lipinski definition) is 1. The summed E-state index contributed by atoms with van der Waals surface area (Å²) in [5.41, 5.74) is 6.82. The summed E-state index contributed by atoms with van der Waals surface area (Å²) in [6, 6.07) is 1.30. The van der Waals surface area contributed by atoms with Crippen LogP contribution in [0.4, 0.5) is 9.52 Å². The maximum atomic E-state index is 13.5. The topological polar surface area (TPSA) is 38.9 Å². The Hall–Kier alpha value is -0.870. The van der Waals surface area contributed by atoms with Gasteiger partial charge >= 0.3 is 0 Å². The van der Waals surface area contributed by atoms with Crippen LogP contribution in [0.5, 0.6) is 0 Å². The number of halogens is 2. The number of anilines is 1. The molecule has 2 nitrogen and oxygen atoms in total. The molecule has 80 valence electrons. The smallest absolute Gasteiger partial charge is 0.181 e. The maximum absolute atomic E-state index is 13.5. The van der Waals surface area contributed by atoms with E-state index in [4.69, 9.17) is 17.3 Å². The van der Waals surface area contributed by atoms with Gasteiger partial charge in [0.25, 0.3) is 0 Å². The van der Waals surface area contributed by atoms with Crippen LogP contribution in [0.1, 0.15) is 25.3 Å². The van der Waals surface area contributed by atoms with Crippen LogP contribution in [0.25, 0.3) is 10.2 Å². The van der Waals surface area contributed by atoms with E-state index in [2.05, 4.69) is 4.98 Å². The Balaban J connectivity index is 2.89. The zero-order valence-electron chi connectivity index (χ0n) is 8.34. The Morgan fingerprint density at radius 3 is 2.80 bits per heavy atom. The number of nitrogens with two attached hydrogens (primary N) is 1. The predicted molar refractivity (Wildman–Crippen MR) is 63.1 cm³/mol. The Morgan fingerprint density at radius 1 is 1.53 bits per heavy atom. The molecule has 0 fully saturated rings. The van der Waals surface area contributed by atoms with Crippen molar-refractivity contribution in [3.63, 3.8) is 0 Å². The summed E-state index contributed by atoms with van der Waals surface area (Å²) in [4.78, 5) is 3.96. The normalized spacial score (nSPS) is 11.5. The molecule has 2 N–H and O–H groups in total. The van der Waals surface area contributed by atoms with Crippen molar-refractivity contribution in [3.8, 4) is 0 Å². The molecule has 0 bridgehead atoms. The van der Waals surface area contributed by atoms with Crippen molar-refractivity contribution in [2.75, 3.05) is 5.73 Å². The second-order valence-electron chi connectivity index (χ2n) is 3.64. The van der Waals surface area contributed by atoms with Gasteiger partial charge in [-0.3, -0.25) is 0 Å². The molecule has 0 unspecified atom stereocenters. The molecule has 1 aromatic heterocycles. The van der Waals surface area contributed by atoms with E-state index in [1.54, 1.807) is 0 Å². The molecule has 5 heteroatoms. The first-order chi connectivity index (χ1) is 7.00. The molecule has 0 saturated heterocycles. The molecule has 0 saturated carbocycles. The van der Waals surface area contributed by atoms with Crippen molar-refractivity contribution in [2.45, 2.75) is 19.8 Å². The molecule has 0 atom stereocenters. The van der Waals surface area contributed by atoms with Gasteiger partial charge in [-0.2, -0.15) is 0 Å². The fourth-order valence-corrected chi connectivity index (χ4v) is 3.09. The molecule has 0 aliphatic carbocycles. The summed E-state index contributed by atoms with van der Waals surface area (Å²) in [5.74, 6) is -0.187. The number of nitrogens with zero attached hydrogens (tertiary/aromatic N) is 1. The van der Waals surface area contributed by atoms with Crippen LogP contribution in [0.15, 0.2) is 6.07 Å². The van der Waals surface area contributed by atoms with Crippen molar-refractivity contribution in [1.29, 1.82) is 0 Å². The summed E-state index contributed by atoms with van der Waals surface area (Å²) >= 11 is 7.29. The highest BCUT2D eigenvalue weighted by Crippen LogP contribution is 2.37. The maximum Gasteiger partial charge on any atom is 0.181 e. The van der Waals surface area contributed by atoms with Crippen molar-refractivity contribution < 1.29 is 4.39 Å². The molecule has 15 heavy (non-hydrogen) atoms. The van der Waals surface area contributed by atoms with E-state index in [0.717, 1.165) is 10.3 Å². The van der Waals surface area contributed by atoms with Gasteiger partial charge in [0.2, 0.25) is 0 Å². The van der Waals surface area contributed by atoms with Gasteiger partial charge in [-0.15, -0.1) is 0 Å². The minimum Gasteiger partial charge on any atom is -0.375 e. The van der Waals surface area contributed by atoms with Crippen molar-refractivity contribution in [1.82, 2.24) is 4.98 Å². The van der Waals surface area contributed by atoms with Crippen LogP contribution < -0.4 is 5.73 Å². The van der Waals surface area contributed by atoms with Gasteiger partial charge in [0.15, 0.2) is 10.9 Å². The molecule has 0 amide bonds. The van der Waals surface area contributed by atoms with Crippen molar-refractivity contribution in [3.05, 3.63) is 22.5 Å². The van der Waals surface area contributed by atoms with Gasteiger partial charge in [0, 0.05) is 5.02 Å². The molecule has 0 aliphatic heterocycles. The molecule has 2 aromatic rings. The second kappa shape index (κ2) is 3.61. The first kappa shape index (κ1) is 10.6. The minimum atomic E-state index is -0.410. The monoisotopic (exact) mass is 244 g/mol. The predicted octanol–water partition coefficient (Wildman–Crippen LogP) is 3.79. The second-order valence-corrected chi connectivity index (χ2v) is 5.08. The molecule has 1 aromatic carbocycles. The standard InChI is InChI=1S/C10H10ClFN2S/c1-4(2)7-5(11)3-6(12)8-9(7)15-10(13)14-8/h3-4H,1-2H3,(H2,13,14). The Morgan fingerprint density at radius 2 is 2.20 bits per heavy atom. The minimum absolute atomic E-state index is 0.223. The van der Waals surface area contributed by atoms with Gasteiger partial charge < -0.3 is 5.73 Å². The van der Waals surface area contributed by atoms with E-state index in [0.29, 0.717) is 15.7 Å². The van der Waals surface area contributed by atoms with E-state index in [9.17, 15) is 4.39 Å². The quantitative estimate of drug-likeness (QED) is 0.829.